The molecule has 1 aliphatic rings. The van der Waals surface area contributed by atoms with Crippen molar-refractivity contribution in [2.24, 2.45) is 5.73 Å². The van der Waals surface area contributed by atoms with Crippen molar-refractivity contribution in [2.45, 2.75) is 12.7 Å². The van der Waals surface area contributed by atoms with Crippen LogP contribution in [0.2, 0.25) is 0 Å². The first-order chi connectivity index (χ1) is 7.25. The summed E-state index contributed by atoms with van der Waals surface area (Å²) in [7, 11) is 0. The summed E-state index contributed by atoms with van der Waals surface area (Å²) in [6.45, 7) is 2.04. The normalized spacial score (nSPS) is 16.0. The predicted molar refractivity (Wildman–Crippen MR) is 61.7 cm³/mol. The van der Waals surface area contributed by atoms with E-state index in [0.29, 0.717) is 24.8 Å². The highest BCUT2D eigenvalue weighted by molar-refractivity contribution is 7.80. The molecule has 0 spiro atoms. The monoisotopic (exact) mass is 223 g/mol. The molecule has 1 aliphatic heterocycles. The van der Waals surface area contributed by atoms with Gasteiger partial charge in [0.05, 0.1) is 19.8 Å². The summed E-state index contributed by atoms with van der Waals surface area (Å²) in [6.07, 6.45) is 0.264. The Balaban J connectivity index is 1.88. The molecule has 1 saturated heterocycles. The molecule has 1 aromatic carbocycles. The Morgan fingerprint density at radius 1 is 1.40 bits per heavy atom. The van der Waals surface area contributed by atoms with Crippen LogP contribution in [0.15, 0.2) is 24.3 Å². The van der Waals surface area contributed by atoms with Crippen molar-refractivity contribution in [2.75, 3.05) is 13.2 Å². The standard InChI is InChI=1S/C11H13NO2S/c12-11(15)9-3-1-8(2-4-9)5-14-10-6-13-7-10/h1-4,10H,5-7H2,(H2,12,15). The maximum Gasteiger partial charge on any atom is 0.105 e. The van der Waals surface area contributed by atoms with Crippen molar-refractivity contribution in [3.05, 3.63) is 35.4 Å². The molecule has 1 aromatic rings. The van der Waals surface area contributed by atoms with Gasteiger partial charge in [0.1, 0.15) is 11.1 Å². The third kappa shape index (κ3) is 2.75. The first-order valence-corrected chi connectivity index (χ1v) is 5.24. The molecule has 0 saturated carbocycles. The lowest BCUT2D eigenvalue weighted by molar-refractivity contribution is -0.135. The van der Waals surface area contributed by atoms with Crippen molar-refractivity contribution in [1.29, 1.82) is 0 Å². The number of nitrogens with two attached hydrogens (primary N) is 1. The van der Waals surface area contributed by atoms with E-state index in [-0.39, 0.29) is 6.10 Å². The highest BCUT2D eigenvalue weighted by Crippen LogP contribution is 2.10. The second kappa shape index (κ2) is 4.70. The first-order valence-electron chi connectivity index (χ1n) is 4.84. The Kier molecular flexibility index (Phi) is 3.30. The lowest BCUT2D eigenvalue weighted by Crippen LogP contribution is -2.35. The highest BCUT2D eigenvalue weighted by atomic mass is 32.1. The van der Waals surface area contributed by atoms with E-state index in [9.17, 15) is 0 Å². The second-order valence-electron chi connectivity index (χ2n) is 3.53. The van der Waals surface area contributed by atoms with Crippen LogP contribution in [-0.2, 0) is 16.1 Å². The average Bonchev–Trinajstić information content (AvgIpc) is 2.16. The van der Waals surface area contributed by atoms with Gasteiger partial charge in [-0.2, -0.15) is 0 Å². The van der Waals surface area contributed by atoms with E-state index < -0.39 is 0 Å². The van der Waals surface area contributed by atoms with Crippen molar-refractivity contribution in [3.8, 4) is 0 Å². The average molecular weight is 223 g/mol. The molecule has 2 N–H and O–H groups in total. The lowest BCUT2D eigenvalue weighted by atomic mass is 10.1. The van der Waals surface area contributed by atoms with E-state index in [4.69, 9.17) is 27.4 Å². The fourth-order valence-corrected chi connectivity index (χ4v) is 1.43. The van der Waals surface area contributed by atoms with Crippen LogP contribution in [0.3, 0.4) is 0 Å². The van der Waals surface area contributed by atoms with E-state index in [0.717, 1.165) is 11.1 Å². The van der Waals surface area contributed by atoms with Crippen LogP contribution in [0.1, 0.15) is 11.1 Å². The van der Waals surface area contributed by atoms with Gasteiger partial charge in [0.25, 0.3) is 0 Å². The van der Waals surface area contributed by atoms with E-state index in [1.165, 1.54) is 0 Å². The van der Waals surface area contributed by atoms with Gasteiger partial charge in [-0.15, -0.1) is 0 Å². The molecule has 4 heteroatoms. The molecule has 0 bridgehead atoms. The van der Waals surface area contributed by atoms with E-state index >= 15 is 0 Å². The van der Waals surface area contributed by atoms with Crippen molar-refractivity contribution >= 4 is 17.2 Å². The minimum absolute atomic E-state index is 0.264. The van der Waals surface area contributed by atoms with Crippen LogP contribution in [-0.4, -0.2) is 24.3 Å². The van der Waals surface area contributed by atoms with Gasteiger partial charge >= 0.3 is 0 Å². The summed E-state index contributed by atoms with van der Waals surface area (Å²) in [5.41, 5.74) is 7.52. The fourth-order valence-electron chi connectivity index (χ4n) is 1.29. The van der Waals surface area contributed by atoms with E-state index in [1.54, 1.807) is 0 Å². The predicted octanol–water partition coefficient (Wildman–Crippen LogP) is 1.24. The van der Waals surface area contributed by atoms with Gasteiger partial charge in [0.15, 0.2) is 0 Å². The van der Waals surface area contributed by atoms with Crippen LogP contribution in [0.25, 0.3) is 0 Å². The third-order valence-corrected chi connectivity index (χ3v) is 2.57. The topological polar surface area (TPSA) is 44.5 Å². The third-order valence-electron chi connectivity index (χ3n) is 2.33. The van der Waals surface area contributed by atoms with Gasteiger partial charge in [-0.05, 0) is 5.56 Å². The maximum atomic E-state index is 5.58. The molecule has 80 valence electrons. The molecule has 1 fully saturated rings. The molecule has 0 amide bonds. The first kappa shape index (κ1) is 10.5. The summed E-state index contributed by atoms with van der Waals surface area (Å²) >= 11 is 4.87. The van der Waals surface area contributed by atoms with Gasteiger partial charge in [-0.1, -0.05) is 36.5 Å². The molecule has 0 atom stereocenters. The molecule has 0 aliphatic carbocycles. The summed E-state index contributed by atoms with van der Waals surface area (Å²) in [6, 6.07) is 7.79. The number of thiocarbonyl (C=S) groups is 1. The van der Waals surface area contributed by atoms with E-state index in [2.05, 4.69) is 0 Å². The number of hydrogen-bond acceptors (Lipinski definition) is 3. The summed E-state index contributed by atoms with van der Waals surface area (Å²) in [4.78, 5) is 0.426. The summed E-state index contributed by atoms with van der Waals surface area (Å²) < 4.78 is 10.6. The van der Waals surface area contributed by atoms with E-state index in [1.807, 2.05) is 24.3 Å². The molecule has 1 heterocycles. The Morgan fingerprint density at radius 3 is 2.53 bits per heavy atom. The van der Waals surface area contributed by atoms with Crippen molar-refractivity contribution < 1.29 is 9.47 Å². The van der Waals surface area contributed by atoms with Gasteiger partial charge < -0.3 is 15.2 Å². The molecule has 15 heavy (non-hydrogen) atoms. The smallest absolute Gasteiger partial charge is 0.105 e. The SMILES string of the molecule is NC(=S)c1ccc(COC2COC2)cc1. The molecular weight excluding hydrogens is 210 g/mol. The largest absolute Gasteiger partial charge is 0.389 e. The molecule has 0 unspecified atom stereocenters. The van der Waals surface area contributed by atoms with Gasteiger partial charge in [0.2, 0.25) is 0 Å². The number of hydrogen-bond donors (Lipinski definition) is 1. The van der Waals surface area contributed by atoms with Gasteiger partial charge in [-0.3, -0.25) is 0 Å². The van der Waals surface area contributed by atoms with Crippen molar-refractivity contribution in [3.63, 3.8) is 0 Å². The zero-order valence-corrected chi connectivity index (χ0v) is 9.13. The molecule has 3 nitrogen and oxygen atoms in total. The quantitative estimate of drug-likeness (QED) is 0.780. The number of ether oxygens (including phenoxy) is 2. The Bertz CT molecular complexity index is 346. The van der Waals surface area contributed by atoms with Gasteiger partial charge in [0, 0.05) is 5.56 Å². The number of rotatable bonds is 4. The van der Waals surface area contributed by atoms with Crippen LogP contribution in [0, 0.1) is 0 Å². The molecule has 0 aromatic heterocycles. The summed E-state index contributed by atoms with van der Waals surface area (Å²) in [5, 5.41) is 0. The van der Waals surface area contributed by atoms with Crippen LogP contribution in [0.5, 0.6) is 0 Å². The van der Waals surface area contributed by atoms with Crippen LogP contribution < -0.4 is 5.73 Å². The number of benzene rings is 1. The van der Waals surface area contributed by atoms with Crippen LogP contribution >= 0.6 is 12.2 Å². The fraction of sp³-hybridized carbons (Fsp3) is 0.364. The Morgan fingerprint density at radius 2 is 2.07 bits per heavy atom. The molecule has 0 radical (unpaired) electrons. The molecule has 2 rings (SSSR count). The lowest BCUT2D eigenvalue weighted by Gasteiger charge is -2.25. The minimum Gasteiger partial charge on any atom is -0.389 e. The Labute approximate surface area is 94.2 Å². The zero-order chi connectivity index (χ0) is 10.7. The maximum absolute atomic E-state index is 5.58. The molecular formula is C11H13NO2S. The van der Waals surface area contributed by atoms with Gasteiger partial charge in [-0.25, -0.2) is 0 Å². The summed E-state index contributed by atoms with van der Waals surface area (Å²) in [5.74, 6) is 0. The minimum atomic E-state index is 0.264. The van der Waals surface area contributed by atoms with Crippen LogP contribution in [0.4, 0.5) is 0 Å². The van der Waals surface area contributed by atoms with Crippen molar-refractivity contribution in [1.82, 2.24) is 0 Å². The zero-order valence-electron chi connectivity index (χ0n) is 8.31. The highest BCUT2D eigenvalue weighted by Gasteiger charge is 2.18. The second-order valence-corrected chi connectivity index (χ2v) is 3.97. The Hall–Kier alpha value is -0.970.